The first-order valence-corrected chi connectivity index (χ1v) is 10.9. The molecule has 9 nitrogen and oxygen atoms in total. The van der Waals surface area contributed by atoms with Crippen LogP contribution in [0.1, 0.15) is 49.0 Å². The molecule has 168 valence electrons. The number of aryl methyl sites for hydroxylation is 1. The number of aliphatic hydroxyl groups excluding tert-OH is 1. The summed E-state index contributed by atoms with van der Waals surface area (Å²) in [5, 5.41) is 23.0. The van der Waals surface area contributed by atoms with Crippen molar-refractivity contribution >= 4 is 10.9 Å². The molecule has 0 aliphatic rings. The number of aliphatic hydroxyl groups is 1. The van der Waals surface area contributed by atoms with Gasteiger partial charge in [-0.3, -0.25) is 9.69 Å². The Hall–Kier alpha value is -3.30. The molecule has 0 radical (unpaired) electrons. The van der Waals surface area contributed by atoms with Crippen LogP contribution < -0.4 is 5.56 Å². The molecule has 1 atom stereocenters. The number of pyridine rings is 1. The highest BCUT2D eigenvalue weighted by molar-refractivity contribution is 5.79. The van der Waals surface area contributed by atoms with E-state index in [1.807, 2.05) is 42.2 Å². The Bertz CT molecular complexity index is 1210. The zero-order valence-corrected chi connectivity index (χ0v) is 18.4. The van der Waals surface area contributed by atoms with Crippen LogP contribution in [0.5, 0.6) is 0 Å². The Balaban J connectivity index is 1.65. The third kappa shape index (κ3) is 4.63. The molecule has 0 spiro atoms. The zero-order valence-electron chi connectivity index (χ0n) is 18.4. The number of rotatable bonds is 10. The average molecular weight is 437 g/mol. The molecule has 1 aromatic carbocycles. The second-order valence-corrected chi connectivity index (χ2v) is 7.79. The van der Waals surface area contributed by atoms with E-state index in [4.69, 9.17) is 4.42 Å². The van der Waals surface area contributed by atoms with Gasteiger partial charge in [0.2, 0.25) is 0 Å². The van der Waals surface area contributed by atoms with Crippen molar-refractivity contribution < 1.29 is 9.52 Å². The highest BCUT2D eigenvalue weighted by Gasteiger charge is 2.25. The summed E-state index contributed by atoms with van der Waals surface area (Å²) in [5.74, 6) is 1.42. The van der Waals surface area contributed by atoms with Crippen LogP contribution in [0, 0.1) is 0 Å². The molecule has 4 rings (SSSR count). The second-order valence-electron chi connectivity index (χ2n) is 7.79. The fraction of sp³-hybridized carbons (Fsp3) is 0.391. The normalized spacial score (nSPS) is 12.6. The van der Waals surface area contributed by atoms with Gasteiger partial charge in [-0.05, 0) is 64.5 Å². The first-order valence-electron chi connectivity index (χ1n) is 10.9. The molecule has 0 unspecified atom stereocenters. The molecule has 0 aliphatic heterocycles. The molecule has 3 heterocycles. The predicted octanol–water partition coefficient (Wildman–Crippen LogP) is 2.66. The predicted molar refractivity (Wildman–Crippen MR) is 120 cm³/mol. The number of benzene rings is 1. The van der Waals surface area contributed by atoms with Gasteiger partial charge in [0.25, 0.3) is 5.56 Å². The highest BCUT2D eigenvalue weighted by atomic mass is 16.3. The summed E-state index contributed by atoms with van der Waals surface area (Å²) in [6, 6.07) is 11.5. The van der Waals surface area contributed by atoms with E-state index in [9.17, 15) is 9.90 Å². The van der Waals surface area contributed by atoms with Crippen LogP contribution in [-0.4, -0.2) is 48.3 Å². The Morgan fingerprint density at radius 3 is 2.84 bits per heavy atom. The van der Waals surface area contributed by atoms with Gasteiger partial charge in [0.15, 0.2) is 5.82 Å². The molecule has 0 saturated carbocycles. The number of tetrazole rings is 1. The number of aromatic nitrogens is 5. The van der Waals surface area contributed by atoms with Crippen LogP contribution in [0.4, 0.5) is 0 Å². The van der Waals surface area contributed by atoms with Gasteiger partial charge < -0.3 is 14.5 Å². The maximum absolute atomic E-state index is 12.8. The zero-order chi connectivity index (χ0) is 22.5. The molecule has 0 aliphatic carbocycles. The minimum absolute atomic E-state index is 0.0400. The summed E-state index contributed by atoms with van der Waals surface area (Å²) in [6.07, 6.45) is 3.26. The quantitative estimate of drug-likeness (QED) is 0.393. The van der Waals surface area contributed by atoms with Crippen LogP contribution in [-0.2, 0) is 19.5 Å². The minimum atomic E-state index is -0.177. The molecule has 0 fully saturated rings. The number of nitrogens with zero attached hydrogens (tertiary/aromatic N) is 5. The second kappa shape index (κ2) is 9.88. The van der Waals surface area contributed by atoms with Crippen LogP contribution in [0.15, 0.2) is 51.9 Å². The van der Waals surface area contributed by atoms with Crippen molar-refractivity contribution in [1.82, 2.24) is 30.1 Å². The van der Waals surface area contributed by atoms with Gasteiger partial charge in [0, 0.05) is 24.2 Å². The van der Waals surface area contributed by atoms with Crippen molar-refractivity contribution in [2.24, 2.45) is 0 Å². The lowest BCUT2D eigenvalue weighted by molar-refractivity contribution is 0.131. The topological polar surface area (TPSA) is 113 Å². The molecule has 0 saturated heterocycles. The van der Waals surface area contributed by atoms with Crippen molar-refractivity contribution in [2.75, 3.05) is 13.2 Å². The van der Waals surface area contributed by atoms with Crippen LogP contribution in [0.2, 0.25) is 0 Å². The average Bonchev–Trinajstić information content (AvgIpc) is 3.47. The Morgan fingerprint density at radius 1 is 1.25 bits per heavy atom. The van der Waals surface area contributed by atoms with Gasteiger partial charge in [0.05, 0.1) is 18.9 Å². The molecular formula is C23H28N6O3. The van der Waals surface area contributed by atoms with Gasteiger partial charge in [-0.1, -0.05) is 19.9 Å². The molecular weight excluding hydrogens is 408 g/mol. The van der Waals surface area contributed by atoms with E-state index in [1.165, 1.54) is 5.56 Å². The van der Waals surface area contributed by atoms with E-state index in [-0.39, 0.29) is 18.2 Å². The third-order valence-corrected chi connectivity index (χ3v) is 5.73. The van der Waals surface area contributed by atoms with Gasteiger partial charge in [-0.2, -0.15) is 0 Å². The van der Waals surface area contributed by atoms with Crippen molar-refractivity contribution in [2.45, 2.75) is 45.8 Å². The maximum atomic E-state index is 12.8. The number of H-pyrrole nitrogens is 1. The summed E-state index contributed by atoms with van der Waals surface area (Å²) in [7, 11) is 0. The van der Waals surface area contributed by atoms with E-state index in [0.717, 1.165) is 23.1 Å². The van der Waals surface area contributed by atoms with E-state index in [2.05, 4.69) is 33.5 Å². The van der Waals surface area contributed by atoms with Crippen LogP contribution in [0.25, 0.3) is 10.9 Å². The summed E-state index contributed by atoms with van der Waals surface area (Å²) in [4.78, 5) is 17.8. The van der Waals surface area contributed by atoms with Gasteiger partial charge in [-0.25, -0.2) is 4.68 Å². The third-order valence-electron chi connectivity index (χ3n) is 5.73. The molecule has 0 amide bonds. The van der Waals surface area contributed by atoms with Crippen molar-refractivity contribution in [1.29, 1.82) is 0 Å². The minimum Gasteiger partial charge on any atom is -0.467 e. The molecule has 2 N–H and O–H groups in total. The Morgan fingerprint density at radius 2 is 2.12 bits per heavy atom. The molecule has 3 aromatic heterocycles. The van der Waals surface area contributed by atoms with Crippen molar-refractivity contribution in [3.05, 3.63) is 75.7 Å². The monoisotopic (exact) mass is 436 g/mol. The Kier molecular flexibility index (Phi) is 6.77. The van der Waals surface area contributed by atoms with Crippen molar-refractivity contribution in [3.8, 4) is 0 Å². The largest absolute Gasteiger partial charge is 0.467 e. The van der Waals surface area contributed by atoms with Gasteiger partial charge in [-0.15, -0.1) is 5.10 Å². The summed E-state index contributed by atoms with van der Waals surface area (Å²) >= 11 is 0. The fourth-order valence-corrected chi connectivity index (χ4v) is 4.05. The van der Waals surface area contributed by atoms with Gasteiger partial charge in [0.1, 0.15) is 12.3 Å². The lowest BCUT2D eigenvalue weighted by Gasteiger charge is -2.29. The first kappa shape index (κ1) is 21.9. The number of aromatic amines is 1. The highest BCUT2D eigenvalue weighted by Crippen LogP contribution is 2.24. The van der Waals surface area contributed by atoms with E-state index < -0.39 is 0 Å². The number of hydrogen-bond donors (Lipinski definition) is 2. The number of nitrogens with one attached hydrogen (secondary N) is 1. The number of fused-ring (bicyclic) bond motifs is 1. The first-order chi connectivity index (χ1) is 15.6. The number of hydrogen-bond acceptors (Lipinski definition) is 7. The molecule has 0 bridgehead atoms. The molecule has 32 heavy (non-hydrogen) atoms. The molecule has 9 heteroatoms. The smallest absolute Gasteiger partial charge is 0.252 e. The van der Waals surface area contributed by atoms with Crippen molar-refractivity contribution in [3.63, 3.8) is 0 Å². The number of furan rings is 1. The van der Waals surface area contributed by atoms with Crippen LogP contribution in [0.3, 0.4) is 0 Å². The van der Waals surface area contributed by atoms with E-state index in [1.54, 1.807) is 10.9 Å². The fourth-order valence-electron chi connectivity index (χ4n) is 4.05. The SMILES string of the molecule is CCc1ccc2[nH]c(=O)c(CN(CCO)[C@@H](CC)c3nnnn3Cc3ccco3)cc2c1. The van der Waals surface area contributed by atoms with E-state index >= 15 is 0 Å². The Labute approximate surface area is 185 Å². The summed E-state index contributed by atoms with van der Waals surface area (Å²) < 4.78 is 7.14. The standard InChI is InChI=1S/C23H28N6O3/c1-3-16-7-8-20-17(12-16)13-18(23(31)24-20)14-28(9-10-30)21(4-2)22-25-26-27-29(22)15-19-6-5-11-32-19/h5-8,11-13,21,30H,3-4,9-10,14-15H2,1-2H3,(H,24,31)/t21-/m0/s1. The molecule has 4 aromatic rings. The lowest BCUT2D eigenvalue weighted by atomic mass is 10.1. The van der Waals surface area contributed by atoms with Crippen LogP contribution >= 0.6 is 0 Å². The summed E-state index contributed by atoms with van der Waals surface area (Å²) in [6.45, 7) is 5.28. The van der Waals surface area contributed by atoms with E-state index in [0.29, 0.717) is 37.4 Å². The maximum Gasteiger partial charge on any atom is 0.252 e. The summed E-state index contributed by atoms with van der Waals surface area (Å²) in [5.41, 5.74) is 2.54. The lowest BCUT2D eigenvalue weighted by Crippen LogP contribution is -2.34. The van der Waals surface area contributed by atoms with Gasteiger partial charge >= 0.3 is 0 Å².